The largest absolute Gasteiger partial charge is 0.307 e. The second kappa shape index (κ2) is 4.04. The van der Waals surface area contributed by atoms with Crippen LogP contribution in [0.3, 0.4) is 0 Å². The Labute approximate surface area is 111 Å². The summed E-state index contributed by atoms with van der Waals surface area (Å²) in [4.78, 5) is 15.0. The van der Waals surface area contributed by atoms with E-state index in [4.69, 9.17) is 0 Å². The van der Waals surface area contributed by atoms with Crippen molar-refractivity contribution in [2.24, 2.45) is 0 Å². The van der Waals surface area contributed by atoms with Crippen LogP contribution in [0.25, 0.3) is 0 Å². The number of carbonyl (C=O) groups is 1. The first-order valence-corrected chi connectivity index (χ1v) is 7.17. The zero-order valence-corrected chi connectivity index (χ0v) is 12.8. The summed E-state index contributed by atoms with van der Waals surface area (Å²) in [5.74, 6) is 0.457. The molecule has 0 aromatic heterocycles. The minimum atomic E-state index is -0.230. The van der Waals surface area contributed by atoms with Gasteiger partial charge in [-0.05, 0) is 54.4 Å². The van der Waals surface area contributed by atoms with Crippen LogP contribution in [0.5, 0.6) is 0 Å². The maximum atomic E-state index is 12.6. The fraction of sp³-hybridized carbons (Fsp3) is 0.933. The zero-order chi connectivity index (χ0) is 13.8. The number of rotatable bonds is 1. The summed E-state index contributed by atoms with van der Waals surface area (Å²) < 4.78 is 0. The van der Waals surface area contributed by atoms with Gasteiger partial charge in [-0.2, -0.15) is 0 Å². The number of nitrogens with one attached hydrogen (secondary N) is 1. The first kappa shape index (κ1) is 14.0. The summed E-state index contributed by atoms with van der Waals surface area (Å²) >= 11 is 0. The summed E-state index contributed by atoms with van der Waals surface area (Å²) in [5.41, 5.74) is -0.184. The molecule has 0 saturated carbocycles. The monoisotopic (exact) mass is 252 g/mol. The van der Waals surface area contributed by atoms with E-state index < -0.39 is 0 Å². The molecule has 0 bridgehead atoms. The first-order chi connectivity index (χ1) is 8.08. The van der Waals surface area contributed by atoms with Crippen molar-refractivity contribution in [1.29, 1.82) is 0 Å². The van der Waals surface area contributed by atoms with Gasteiger partial charge in [-0.25, -0.2) is 0 Å². The van der Waals surface area contributed by atoms with E-state index in [1.165, 1.54) is 0 Å². The molecule has 18 heavy (non-hydrogen) atoms. The Morgan fingerprint density at radius 2 is 1.61 bits per heavy atom. The molecule has 3 nitrogen and oxygen atoms in total. The van der Waals surface area contributed by atoms with Crippen molar-refractivity contribution in [3.63, 3.8) is 0 Å². The quantitative estimate of drug-likeness (QED) is 0.777. The highest BCUT2D eigenvalue weighted by atomic mass is 16.1. The second-order valence-electron chi connectivity index (χ2n) is 7.74. The lowest BCUT2D eigenvalue weighted by Crippen LogP contribution is -2.69. The Morgan fingerprint density at radius 1 is 1.11 bits per heavy atom. The molecule has 0 atom stereocenters. The van der Waals surface area contributed by atoms with E-state index in [2.05, 4.69) is 51.8 Å². The molecule has 2 heterocycles. The lowest BCUT2D eigenvalue weighted by atomic mass is 9.69. The van der Waals surface area contributed by atoms with Crippen molar-refractivity contribution in [2.45, 2.75) is 83.5 Å². The van der Waals surface area contributed by atoms with E-state index in [0.717, 1.165) is 25.8 Å². The van der Waals surface area contributed by atoms with Crippen LogP contribution >= 0.6 is 0 Å². The lowest BCUT2D eigenvalue weighted by Gasteiger charge is -2.54. The van der Waals surface area contributed by atoms with Crippen molar-refractivity contribution in [3.05, 3.63) is 0 Å². The van der Waals surface area contributed by atoms with Crippen molar-refractivity contribution in [2.75, 3.05) is 6.54 Å². The minimum Gasteiger partial charge on any atom is -0.307 e. The van der Waals surface area contributed by atoms with Crippen LogP contribution in [-0.2, 0) is 4.79 Å². The smallest absolute Gasteiger partial charge is 0.154 e. The highest BCUT2D eigenvalue weighted by Gasteiger charge is 2.57. The van der Waals surface area contributed by atoms with Crippen molar-refractivity contribution in [1.82, 2.24) is 10.2 Å². The van der Waals surface area contributed by atoms with Crippen molar-refractivity contribution >= 4 is 5.78 Å². The lowest BCUT2D eigenvalue weighted by molar-refractivity contribution is -0.131. The molecule has 0 aromatic carbocycles. The van der Waals surface area contributed by atoms with Gasteiger partial charge in [-0.15, -0.1) is 0 Å². The molecule has 0 aromatic rings. The van der Waals surface area contributed by atoms with Crippen LogP contribution in [0.1, 0.15) is 60.8 Å². The van der Waals surface area contributed by atoms with Crippen LogP contribution in [-0.4, -0.2) is 39.9 Å². The summed E-state index contributed by atoms with van der Waals surface area (Å²) in [6.07, 6.45) is 2.59. The van der Waals surface area contributed by atoms with E-state index >= 15 is 0 Å². The Kier molecular flexibility index (Phi) is 3.14. The van der Waals surface area contributed by atoms with E-state index in [1.54, 1.807) is 0 Å². The maximum absolute atomic E-state index is 12.6. The predicted molar refractivity (Wildman–Crippen MR) is 74.7 cm³/mol. The molecule has 2 saturated heterocycles. The number of hydrogen-bond acceptors (Lipinski definition) is 3. The number of Topliss-reactive ketones (excluding diaryl/α,β-unsaturated/α-hetero) is 1. The molecule has 2 rings (SSSR count). The van der Waals surface area contributed by atoms with E-state index in [0.29, 0.717) is 11.8 Å². The molecular weight excluding hydrogens is 224 g/mol. The topological polar surface area (TPSA) is 32.3 Å². The van der Waals surface area contributed by atoms with Gasteiger partial charge in [0, 0.05) is 30.1 Å². The van der Waals surface area contributed by atoms with Crippen molar-refractivity contribution in [3.8, 4) is 0 Å². The molecule has 2 aliphatic rings. The third kappa shape index (κ3) is 2.23. The van der Waals surface area contributed by atoms with Gasteiger partial charge in [0.15, 0.2) is 5.78 Å². The molecule has 0 amide bonds. The second-order valence-corrected chi connectivity index (χ2v) is 7.74. The molecule has 2 aliphatic heterocycles. The highest BCUT2D eigenvalue weighted by molar-refractivity contribution is 5.91. The number of carbonyl (C=O) groups excluding carboxylic acids is 1. The Morgan fingerprint density at radius 3 is 2.06 bits per heavy atom. The molecule has 1 spiro atoms. The van der Waals surface area contributed by atoms with Gasteiger partial charge in [0.05, 0.1) is 5.54 Å². The van der Waals surface area contributed by atoms with Crippen LogP contribution in [0, 0.1) is 0 Å². The van der Waals surface area contributed by atoms with Crippen LogP contribution in [0.2, 0.25) is 0 Å². The molecule has 104 valence electrons. The third-order valence-corrected chi connectivity index (χ3v) is 4.42. The fourth-order valence-electron chi connectivity index (χ4n) is 4.51. The first-order valence-electron chi connectivity index (χ1n) is 7.17. The van der Waals surface area contributed by atoms with Gasteiger partial charge in [0.1, 0.15) is 0 Å². The van der Waals surface area contributed by atoms with Gasteiger partial charge < -0.3 is 5.32 Å². The number of piperidine rings is 1. The number of hydrogen-bond donors (Lipinski definition) is 1. The number of nitrogens with zero attached hydrogens (tertiary/aromatic N) is 1. The normalized spacial score (nSPS) is 30.3. The van der Waals surface area contributed by atoms with Gasteiger partial charge in [-0.1, -0.05) is 0 Å². The van der Waals surface area contributed by atoms with Gasteiger partial charge >= 0.3 is 0 Å². The van der Waals surface area contributed by atoms with Gasteiger partial charge in [-0.3, -0.25) is 9.69 Å². The summed E-state index contributed by atoms with van der Waals surface area (Å²) in [6.45, 7) is 14.2. The number of ketones is 1. The van der Waals surface area contributed by atoms with Crippen LogP contribution < -0.4 is 5.32 Å². The fourth-order valence-corrected chi connectivity index (χ4v) is 4.51. The molecule has 0 unspecified atom stereocenters. The molecule has 3 heteroatoms. The van der Waals surface area contributed by atoms with E-state index in [9.17, 15) is 4.79 Å². The Balaban J connectivity index is 2.41. The highest BCUT2D eigenvalue weighted by Crippen LogP contribution is 2.44. The summed E-state index contributed by atoms with van der Waals surface area (Å²) in [7, 11) is 0. The van der Waals surface area contributed by atoms with Crippen LogP contribution in [0.4, 0.5) is 0 Å². The minimum absolute atomic E-state index is 0.0227. The van der Waals surface area contributed by atoms with Gasteiger partial charge in [0.2, 0.25) is 0 Å². The van der Waals surface area contributed by atoms with E-state index in [1.807, 2.05) is 0 Å². The molecule has 2 fully saturated rings. The van der Waals surface area contributed by atoms with Gasteiger partial charge in [0.25, 0.3) is 0 Å². The Hall–Kier alpha value is -0.410. The SMILES string of the molecule is CC(C)N1CCC(=O)C12CC(C)(C)NC(C)(C)C2. The molecule has 0 aliphatic carbocycles. The molecular formula is C15H28N2O. The molecule has 1 N–H and O–H groups in total. The number of likely N-dealkylation sites (tertiary alicyclic amines) is 1. The van der Waals surface area contributed by atoms with Crippen molar-refractivity contribution < 1.29 is 4.79 Å². The summed E-state index contributed by atoms with van der Waals surface area (Å²) in [6, 6.07) is 0.446. The maximum Gasteiger partial charge on any atom is 0.154 e. The zero-order valence-electron chi connectivity index (χ0n) is 12.8. The van der Waals surface area contributed by atoms with Crippen LogP contribution in [0.15, 0.2) is 0 Å². The Bertz CT molecular complexity index is 342. The average molecular weight is 252 g/mol. The summed E-state index contributed by atoms with van der Waals surface area (Å²) in [5, 5.41) is 3.68. The predicted octanol–water partition coefficient (Wildman–Crippen LogP) is 2.35. The average Bonchev–Trinajstić information content (AvgIpc) is 2.37. The molecule has 0 radical (unpaired) electrons. The third-order valence-electron chi connectivity index (χ3n) is 4.42. The van der Waals surface area contributed by atoms with E-state index in [-0.39, 0.29) is 16.6 Å². The standard InChI is InChI=1S/C15H28N2O/c1-11(2)17-8-7-12(18)15(17)9-13(3,4)16-14(5,6)10-15/h11,16H,7-10H2,1-6H3.